The van der Waals surface area contributed by atoms with Crippen LogP contribution >= 0.6 is 11.6 Å². The van der Waals surface area contributed by atoms with Gasteiger partial charge < -0.3 is 19.5 Å². The van der Waals surface area contributed by atoms with Gasteiger partial charge in [-0.05, 0) is 64.3 Å². The summed E-state index contributed by atoms with van der Waals surface area (Å²) in [6, 6.07) is 3.98. The molecule has 0 aromatic heterocycles. The molecule has 2 aliphatic heterocycles. The standard InChI is InChI=1S/C26H38ClF2N3O6S/c1-24(2,18-33)31-14-12-30(13-15-31)23(34)38-26(10-11-26)22-17-37-16-20(8-9-25(3,28)29)32(22)39(35,36)21-6-4-19(27)5-7-21/h4-7,20,22,33H,8-18H2,1-3H3/t20-,22-/m1/s1. The predicted molar refractivity (Wildman–Crippen MR) is 141 cm³/mol. The molecule has 2 heterocycles. The molecule has 0 bridgehead atoms. The van der Waals surface area contributed by atoms with Gasteiger partial charge in [0.2, 0.25) is 15.9 Å². The van der Waals surface area contributed by atoms with Gasteiger partial charge >= 0.3 is 6.09 Å². The van der Waals surface area contributed by atoms with Crippen molar-refractivity contribution >= 4 is 27.7 Å². The summed E-state index contributed by atoms with van der Waals surface area (Å²) in [5, 5.41) is 10.0. The lowest BCUT2D eigenvalue weighted by molar-refractivity contribution is -0.0810. The van der Waals surface area contributed by atoms with Crippen LogP contribution in [0.4, 0.5) is 13.6 Å². The van der Waals surface area contributed by atoms with Crippen LogP contribution in [0.5, 0.6) is 0 Å². The number of morpholine rings is 1. The highest BCUT2D eigenvalue weighted by molar-refractivity contribution is 7.89. The van der Waals surface area contributed by atoms with Crippen LogP contribution < -0.4 is 0 Å². The van der Waals surface area contributed by atoms with Crippen molar-refractivity contribution in [3.8, 4) is 0 Å². The zero-order valence-corrected chi connectivity index (χ0v) is 24.2. The third-order valence-electron chi connectivity index (χ3n) is 7.98. The van der Waals surface area contributed by atoms with E-state index in [1.807, 2.05) is 13.8 Å². The first kappa shape index (κ1) is 30.4. The number of aliphatic hydroxyl groups is 1. The van der Waals surface area contributed by atoms with Crippen molar-refractivity contribution in [1.82, 2.24) is 14.1 Å². The van der Waals surface area contributed by atoms with Crippen LogP contribution in [-0.4, -0.2) is 109 Å². The molecule has 4 rings (SSSR count). The molecule has 2 saturated heterocycles. The van der Waals surface area contributed by atoms with Crippen LogP contribution in [0.25, 0.3) is 0 Å². The number of halogens is 3. The summed E-state index contributed by atoms with van der Waals surface area (Å²) in [5.41, 5.74) is -1.51. The Balaban J connectivity index is 1.55. The molecule has 1 saturated carbocycles. The topological polar surface area (TPSA) is 99.6 Å². The summed E-state index contributed by atoms with van der Waals surface area (Å²) in [7, 11) is -4.16. The lowest BCUT2D eigenvalue weighted by atomic mass is 10.0. The van der Waals surface area contributed by atoms with E-state index in [0.29, 0.717) is 44.0 Å². The summed E-state index contributed by atoms with van der Waals surface area (Å²) in [5.74, 6) is -2.97. The normalized spacial score (nSPS) is 24.9. The van der Waals surface area contributed by atoms with Crippen LogP contribution in [0.2, 0.25) is 5.02 Å². The second-order valence-electron chi connectivity index (χ2n) is 11.5. The third kappa shape index (κ3) is 6.84. The van der Waals surface area contributed by atoms with E-state index in [0.717, 1.165) is 6.92 Å². The highest BCUT2D eigenvalue weighted by Gasteiger charge is 2.60. The minimum absolute atomic E-state index is 0.00863. The summed E-state index contributed by atoms with van der Waals surface area (Å²) < 4.78 is 68.5. The minimum atomic E-state index is -4.16. The van der Waals surface area contributed by atoms with Gasteiger partial charge in [-0.3, -0.25) is 4.90 Å². The summed E-state index contributed by atoms with van der Waals surface area (Å²) in [6.45, 7) is 6.54. The molecule has 0 spiro atoms. The molecule has 2 atom stereocenters. The molecular formula is C26H38ClF2N3O6S. The molecule has 9 nitrogen and oxygen atoms in total. The van der Waals surface area contributed by atoms with Crippen molar-refractivity contribution < 1.29 is 36.6 Å². The Kier molecular flexibility index (Phi) is 8.86. The van der Waals surface area contributed by atoms with Crippen molar-refractivity contribution in [2.45, 2.75) is 80.5 Å². The Morgan fingerprint density at radius 2 is 1.74 bits per heavy atom. The van der Waals surface area contributed by atoms with E-state index in [-0.39, 0.29) is 31.1 Å². The van der Waals surface area contributed by atoms with E-state index in [1.165, 1.54) is 28.6 Å². The summed E-state index contributed by atoms with van der Waals surface area (Å²) in [6.07, 6.45) is -0.289. The van der Waals surface area contributed by atoms with Gasteiger partial charge in [0.05, 0.1) is 30.8 Å². The van der Waals surface area contributed by atoms with E-state index in [2.05, 4.69) is 4.90 Å². The van der Waals surface area contributed by atoms with Gasteiger partial charge in [0.25, 0.3) is 0 Å². The number of sulfonamides is 1. The fraction of sp³-hybridized carbons (Fsp3) is 0.731. The molecule has 0 radical (unpaired) electrons. The molecule has 13 heteroatoms. The van der Waals surface area contributed by atoms with E-state index in [4.69, 9.17) is 21.1 Å². The molecule has 3 aliphatic rings. The maximum Gasteiger partial charge on any atom is 0.410 e. The molecule has 1 amide bonds. The molecular weight excluding hydrogens is 556 g/mol. The number of hydrogen-bond donors (Lipinski definition) is 1. The number of aliphatic hydroxyl groups excluding tert-OH is 1. The number of amides is 1. The maximum atomic E-state index is 13.9. The molecule has 39 heavy (non-hydrogen) atoms. The van der Waals surface area contributed by atoms with Crippen LogP contribution in [0, 0.1) is 0 Å². The zero-order valence-electron chi connectivity index (χ0n) is 22.6. The first-order valence-corrected chi connectivity index (χ1v) is 15.1. The number of nitrogens with zero attached hydrogens (tertiary/aromatic N) is 3. The van der Waals surface area contributed by atoms with E-state index >= 15 is 0 Å². The number of rotatable bonds is 9. The molecule has 1 N–H and O–H groups in total. The highest BCUT2D eigenvalue weighted by atomic mass is 35.5. The van der Waals surface area contributed by atoms with Gasteiger partial charge in [0, 0.05) is 49.2 Å². The molecule has 3 fully saturated rings. The van der Waals surface area contributed by atoms with Gasteiger partial charge in [-0.2, -0.15) is 4.31 Å². The van der Waals surface area contributed by atoms with Crippen molar-refractivity contribution in [3.05, 3.63) is 29.3 Å². The highest BCUT2D eigenvalue weighted by Crippen LogP contribution is 2.48. The number of carbonyl (C=O) groups excluding carboxylic acids is 1. The van der Waals surface area contributed by atoms with Gasteiger partial charge in [-0.15, -0.1) is 0 Å². The predicted octanol–water partition coefficient (Wildman–Crippen LogP) is 3.59. The molecule has 1 aromatic carbocycles. The Morgan fingerprint density at radius 3 is 2.28 bits per heavy atom. The average molecular weight is 594 g/mol. The van der Waals surface area contributed by atoms with Crippen molar-refractivity contribution in [2.24, 2.45) is 0 Å². The smallest absolute Gasteiger partial charge is 0.410 e. The second-order valence-corrected chi connectivity index (χ2v) is 13.8. The Labute approximate surface area is 234 Å². The SMILES string of the molecule is CC(F)(F)CC[C@@H]1COC[C@H](C2(OC(=O)N3CCN(C(C)(C)CO)CC3)CC2)N1S(=O)(=O)c1ccc(Cl)cc1. The lowest BCUT2D eigenvalue weighted by Crippen LogP contribution is -2.62. The fourth-order valence-corrected chi connectivity index (χ4v) is 7.28. The largest absolute Gasteiger partial charge is 0.441 e. The first-order chi connectivity index (χ1) is 18.2. The van der Waals surface area contributed by atoms with Gasteiger partial charge in [0.15, 0.2) is 0 Å². The Hall–Kier alpha value is -1.57. The third-order valence-corrected chi connectivity index (χ3v) is 10.2. The van der Waals surface area contributed by atoms with E-state index in [9.17, 15) is 27.1 Å². The number of alkyl halides is 2. The number of carbonyl (C=O) groups is 1. The quantitative estimate of drug-likeness (QED) is 0.467. The van der Waals surface area contributed by atoms with Crippen LogP contribution in [-0.2, 0) is 19.5 Å². The van der Waals surface area contributed by atoms with E-state index < -0.39 is 51.7 Å². The van der Waals surface area contributed by atoms with Crippen molar-refractivity contribution in [2.75, 3.05) is 46.0 Å². The molecule has 1 aliphatic carbocycles. The zero-order chi connectivity index (χ0) is 28.6. The van der Waals surface area contributed by atoms with Crippen LogP contribution in [0.1, 0.15) is 46.5 Å². The lowest BCUT2D eigenvalue weighted by Gasteiger charge is -2.45. The number of piperazine rings is 1. The monoisotopic (exact) mass is 593 g/mol. The summed E-state index contributed by atoms with van der Waals surface area (Å²) >= 11 is 5.97. The number of ether oxygens (including phenoxy) is 2. The van der Waals surface area contributed by atoms with Crippen LogP contribution in [0.15, 0.2) is 29.2 Å². The van der Waals surface area contributed by atoms with Gasteiger partial charge in [-0.1, -0.05) is 11.6 Å². The fourth-order valence-electron chi connectivity index (χ4n) is 5.28. The van der Waals surface area contributed by atoms with Crippen LogP contribution in [0.3, 0.4) is 0 Å². The molecule has 0 unspecified atom stereocenters. The minimum Gasteiger partial charge on any atom is -0.441 e. The number of hydrogen-bond acceptors (Lipinski definition) is 7. The molecule has 1 aromatic rings. The Bertz CT molecular complexity index is 1120. The van der Waals surface area contributed by atoms with E-state index in [1.54, 1.807) is 4.90 Å². The number of benzene rings is 1. The second kappa shape index (κ2) is 11.4. The average Bonchev–Trinajstić information content (AvgIpc) is 3.67. The van der Waals surface area contributed by atoms with Crippen molar-refractivity contribution in [1.29, 1.82) is 0 Å². The van der Waals surface area contributed by atoms with Crippen molar-refractivity contribution in [3.63, 3.8) is 0 Å². The summed E-state index contributed by atoms with van der Waals surface area (Å²) in [4.78, 5) is 16.9. The maximum absolute atomic E-state index is 13.9. The van der Waals surface area contributed by atoms with Gasteiger partial charge in [-0.25, -0.2) is 22.0 Å². The van der Waals surface area contributed by atoms with Gasteiger partial charge in [0.1, 0.15) is 5.60 Å². The first-order valence-electron chi connectivity index (χ1n) is 13.3. The Morgan fingerprint density at radius 1 is 1.13 bits per heavy atom. The molecule has 220 valence electrons.